The van der Waals surface area contributed by atoms with E-state index in [1.165, 1.54) is 13.3 Å². The average Bonchev–Trinajstić information content (AvgIpc) is 2.15. The zero-order valence-corrected chi connectivity index (χ0v) is 8.96. The molecule has 0 rings (SSSR count). The molecule has 1 amide bonds. The van der Waals surface area contributed by atoms with Gasteiger partial charge in [-0.25, -0.2) is 0 Å². The SMILES string of the molecule is CN(CC(=O)O)C(=O)CC/C=N\N=C(N)N. The topological polar surface area (TPSA) is 134 Å². The molecule has 0 unspecified atom stereocenters. The Morgan fingerprint density at radius 2 is 2.06 bits per heavy atom. The van der Waals surface area contributed by atoms with Gasteiger partial charge in [-0.1, -0.05) is 0 Å². The summed E-state index contributed by atoms with van der Waals surface area (Å²) in [5.41, 5.74) is 10.0. The molecule has 0 atom stereocenters. The van der Waals surface area contributed by atoms with E-state index < -0.39 is 5.97 Å². The Balaban J connectivity index is 3.85. The number of carboxylic acids is 1. The molecule has 0 heterocycles. The second-order valence-electron chi connectivity index (χ2n) is 3.01. The number of hydrogen-bond donors (Lipinski definition) is 3. The summed E-state index contributed by atoms with van der Waals surface area (Å²) < 4.78 is 0. The molecule has 0 saturated carbocycles. The van der Waals surface area contributed by atoms with Crippen LogP contribution in [-0.2, 0) is 9.59 Å². The van der Waals surface area contributed by atoms with Gasteiger partial charge < -0.3 is 21.5 Å². The zero-order valence-electron chi connectivity index (χ0n) is 8.96. The zero-order chi connectivity index (χ0) is 12.6. The Kier molecular flexibility index (Phi) is 6.25. The molecule has 0 aliphatic heterocycles. The van der Waals surface area contributed by atoms with Gasteiger partial charge in [-0.3, -0.25) is 9.59 Å². The molecule has 90 valence electrons. The van der Waals surface area contributed by atoms with Crippen molar-refractivity contribution in [1.29, 1.82) is 0 Å². The summed E-state index contributed by atoms with van der Waals surface area (Å²) in [5.74, 6) is -1.49. The summed E-state index contributed by atoms with van der Waals surface area (Å²) in [7, 11) is 1.42. The predicted molar refractivity (Wildman–Crippen MR) is 58.8 cm³/mol. The maximum Gasteiger partial charge on any atom is 0.323 e. The van der Waals surface area contributed by atoms with Crippen LogP contribution in [-0.4, -0.2) is 47.6 Å². The lowest BCUT2D eigenvalue weighted by molar-refractivity contribution is -0.143. The lowest BCUT2D eigenvalue weighted by Gasteiger charge is -2.13. The summed E-state index contributed by atoms with van der Waals surface area (Å²) >= 11 is 0. The van der Waals surface area contributed by atoms with E-state index in [9.17, 15) is 9.59 Å². The summed E-state index contributed by atoms with van der Waals surface area (Å²) in [4.78, 5) is 22.7. The van der Waals surface area contributed by atoms with E-state index >= 15 is 0 Å². The van der Waals surface area contributed by atoms with Crippen LogP contribution in [0.3, 0.4) is 0 Å². The van der Waals surface area contributed by atoms with Crippen molar-refractivity contribution in [1.82, 2.24) is 4.90 Å². The van der Waals surface area contributed by atoms with E-state index in [2.05, 4.69) is 10.2 Å². The number of nitrogens with zero attached hydrogens (tertiary/aromatic N) is 3. The van der Waals surface area contributed by atoms with Gasteiger partial charge in [0.1, 0.15) is 6.54 Å². The number of nitrogens with two attached hydrogens (primary N) is 2. The van der Waals surface area contributed by atoms with Gasteiger partial charge in [0, 0.05) is 19.7 Å². The molecule has 0 aliphatic carbocycles. The minimum atomic E-state index is -1.05. The van der Waals surface area contributed by atoms with Crippen LogP contribution in [0.15, 0.2) is 10.2 Å². The highest BCUT2D eigenvalue weighted by Gasteiger charge is 2.10. The maximum atomic E-state index is 11.3. The van der Waals surface area contributed by atoms with Crippen molar-refractivity contribution in [2.45, 2.75) is 12.8 Å². The number of carbonyl (C=O) groups excluding carboxylic acids is 1. The summed E-state index contributed by atoms with van der Waals surface area (Å²) in [6.45, 7) is -0.316. The maximum absolute atomic E-state index is 11.3. The first-order valence-electron chi connectivity index (χ1n) is 4.49. The Labute approximate surface area is 92.6 Å². The number of carbonyl (C=O) groups is 2. The molecule has 0 bridgehead atoms. The first-order chi connectivity index (χ1) is 7.43. The van der Waals surface area contributed by atoms with E-state index in [1.807, 2.05) is 0 Å². The van der Waals surface area contributed by atoms with Crippen LogP contribution in [0, 0.1) is 0 Å². The Morgan fingerprint density at radius 3 is 2.56 bits per heavy atom. The van der Waals surface area contributed by atoms with Crippen LogP contribution in [0.2, 0.25) is 0 Å². The van der Waals surface area contributed by atoms with Gasteiger partial charge in [-0.05, 0) is 6.42 Å². The first-order valence-corrected chi connectivity index (χ1v) is 4.49. The summed E-state index contributed by atoms with van der Waals surface area (Å²) in [6.07, 6.45) is 1.89. The monoisotopic (exact) mass is 229 g/mol. The third-order valence-corrected chi connectivity index (χ3v) is 1.54. The highest BCUT2D eigenvalue weighted by molar-refractivity contribution is 5.82. The third-order valence-electron chi connectivity index (χ3n) is 1.54. The van der Waals surface area contributed by atoms with Gasteiger partial charge in [-0.2, -0.15) is 5.10 Å². The molecule has 0 aromatic rings. The van der Waals surface area contributed by atoms with Crippen LogP contribution in [0.1, 0.15) is 12.8 Å². The van der Waals surface area contributed by atoms with Crippen molar-refractivity contribution in [3.63, 3.8) is 0 Å². The molecule has 0 fully saturated rings. The molecule has 0 aromatic carbocycles. The summed E-state index contributed by atoms with van der Waals surface area (Å²) in [5, 5.41) is 15.3. The van der Waals surface area contributed by atoms with Crippen molar-refractivity contribution in [3.05, 3.63) is 0 Å². The van der Waals surface area contributed by atoms with Gasteiger partial charge in [0.15, 0.2) is 0 Å². The minimum Gasteiger partial charge on any atom is -0.480 e. The number of likely N-dealkylation sites (N-methyl/N-ethyl adjacent to an activating group) is 1. The fourth-order valence-corrected chi connectivity index (χ4v) is 0.835. The number of carboxylic acid groups (broad SMARTS) is 1. The molecule has 0 saturated heterocycles. The lowest BCUT2D eigenvalue weighted by Crippen LogP contribution is -2.31. The van der Waals surface area contributed by atoms with Crippen LogP contribution in [0.4, 0.5) is 0 Å². The Morgan fingerprint density at radius 1 is 1.44 bits per heavy atom. The minimum absolute atomic E-state index is 0.160. The smallest absolute Gasteiger partial charge is 0.323 e. The van der Waals surface area contributed by atoms with Crippen molar-refractivity contribution < 1.29 is 14.7 Å². The highest BCUT2D eigenvalue weighted by atomic mass is 16.4. The second kappa shape index (κ2) is 7.21. The predicted octanol–water partition coefficient (Wildman–Crippen LogP) is -1.43. The molecule has 0 spiro atoms. The van der Waals surface area contributed by atoms with Crippen molar-refractivity contribution in [3.8, 4) is 0 Å². The van der Waals surface area contributed by atoms with E-state index in [1.54, 1.807) is 0 Å². The molecule has 16 heavy (non-hydrogen) atoms. The van der Waals surface area contributed by atoms with Crippen LogP contribution >= 0.6 is 0 Å². The molecular weight excluding hydrogens is 214 g/mol. The standard InChI is InChI=1S/C8H15N5O3/c1-13(5-7(15)16)6(14)3-2-4-11-12-8(9)10/h4H,2-3,5H2,1H3,(H,15,16)(H4,9,10,12)/b11-4-. The Bertz CT molecular complexity index is 309. The van der Waals surface area contributed by atoms with Gasteiger partial charge in [0.2, 0.25) is 11.9 Å². The molecule has 0 aliphatic rings. The van der Waals surface area contributed by atoms with Crippen LogP contribution < -0.4 is 11.5 Å². The molecule has 5 N–H and O–H groups in total. The van der Waals surface area contributed by atoms with E-state index in [-0.39, 0.29) is 24.8 Å². The molecular formula is C8H15N5O3. The number of aliphatic carboxylic acids is 1. The third kappa shape index (κ3) is 7.30. The van der Waals surface area contributed by atoms with Gasteiger partial charge >= 0.3 is 5.97 Å². The van der Waals surface area contributed by atoms with Crippen molar-refractivity contribution >= 4 is 24.1 Å². The van der Waals surface area contributed by atoms with Crippen molar-refractivity contribution in [2.24, 2.45) is 21.7 Å². The fraction of sp³-hybridized carbons (Fsp3) is 0.500. The number of amides is 1. The van der Waals surface area contributed by atoms with Crippen LogP contribution in [0.25, 0.3) is 0 Å². The Hall–Kier alpha value is -2.12. The van der Waals surface area contributed by atoms with Gasteiger partial charge in [-0.15, -0.1) is 5.10 Å². The lowest BCUT2D eigenvalue weighted by atomic mass is 10.3. The average molecular weight is 229 g/mol. The van der Waals surface area contributed by atoms with Gasteiger partial charge in [0.25, 0.3) is 0 Å². The second-order valence-corrected chi connectivity index (χ2v) is 3.01. The first kappa shape index (κ1) is 13.9. The number of guanidine groups is 1. The quantitative estimate of drug-likeness (QED) is 0.291. The van der Waals surface area contributed by atoms with E-state index in [0.29, 0.717) is 6.42 Å². The summed E-state index contributed by atoms with van der Waals surface area (Å²) in [6, 6.07) is 0. The van der Waals surface area contributed by atoms with Crippen LogP contribution in [0.5, 0.6) is 0 Å². The van der Waals surface area contributed by atoms with Crippen molar-refractivity contribution in [2.75, 3.05) is 13.6 Å². The van der Waals surface area contributed by atoms with Gasteiger partial charge in [0.05, 0.1) is 0 Å². The molecule has 0 radical (unpaired) electrons. The molecule has 8 nitrogen and oxygen atoms in total. The van der Waals surface area contributed by atoms with E-state index in [0.717, 1.165) is 4.90 Å². The van der Waals surface area contributed by atoms with E-state index in [4.69, 9.17) is 16.6 Å². The number of hydrogen-bond acceptors (Lipinski definition) is 4. The highest BCUT2D eigenvalue weighted by Crippen LogP contribution is 1.93. The largest absolute Gasteiger partial charge is 0.480 e. The number of rotatable bonds is 6. The molecule has 0 aromatic heterocycles. The normalized spacial score (nSPS) is 10.1. The fourth-order valence-electron chi connectivity index (χ4n) is 0.835. The molecule has 8 heteroatoms.